The number of hydrogen-bond acceptors (Lipinski definition) is 5. The number of methoxy groups -OCH3 is 2. The van der Waals surface area contributed by atoms with Gasteiger partial charge in [0.05, 0.1) is 37.1 Å². The Hall–Kier alpha value is -3.87. The van der Waals surface area contributed by atoms with Gasteiger partial charge in [0.15, 0.2) is 17.1 Å². The van der Waals surface area contributed by atoms with E-state index in [1.165, 1.54) is 0 Å². The normalized spacial score (nSPS) is 11.1. The Morgan fingerprint density at radius 2 is 1.76 bits per heavy atom. The summed E-state index contributed by atoms with van der Waals surface area (Å²) in [5, 5.41) is 5.28. The van der Waals surface area contributed by atoms with E-state index in [9.17, 15) is 4.79 Å². The van der Waals surface area contributed by atoms with Gasteiger partial charge in [-0.2, -0.15) is 5.10 Å². The predicted octanol–water partition coefficient (Wildman–Crippen LogP) is 5.01. The van der Waals surface area contributed by atoms with Gasteiger partial charge in [0.25, 0.3) is 5.91 Å². The molecule has 176 valence electrons. The van der Waals surface area contributed by atoms with Crippen LogP contribution in [0.1, 0.15) is 35.8 Å². The first-order valence-corrected chi connectivity index (χ1v) is 11.3. The zero-order chi connectivity index (χ0) is 24.2. The van der Waals surface area contributed by atoms with Crippen molar-refractivity contribution < 1.29 is 14.3 Å². The number of hydrogen-bond donors (Lipinski definition) is 0. The number of fused-ring (bicyclic) bond motifs is 1. The molecule has 0 aliphatic heterocycles. The Balaban J connectivity index is 1.65. The van der Waals surface area contributed by atoms with E-state index in [1.807, 2.05) is 66.3 Å². The summed E-state index contributed by atoms with van der Waals surface area (Å²) >= 11 is 0. The van der Waals surface area contributed by atoms with Gasteiger partial charge in [-0.1, -0.05) is 36.4 Å². The first kappa shape index (κ1) is 23.3. The summed E-state index contributed by atoms with van der Waals surface area (Å²) in [5.41, 5.74) is 4.10. The number of benzene rings is 2. The van der Waals surface area contributed by atoms with E-state index in [1.54, 1.807) is 25.3 Å². The Bertz CT molecular complexity index is 1300. The van der Waals surface area contributed by atoms with Crippen LogP contribution >= 0.6 is 0 Å². The fourth-order valence-electron chi connectivity index (χ4n) is 3.97. The van der Waals surface area contributed by atoms with Crippen molar-refractivity contribution in [2.24, 2.45) is 0 Å². The van der Waals surface area contributed by atoms with Gasteiger partial charge in [-0.25, -0.2) is 9.67 Å². The van der Waals surface area contributed by atoms with Gasteiger partial charge < -0.3 is 14.4 Å². The molecule has 0 unspecified atom stereocenters. The van der Waals surface area contributed by atoms with Crippen molar-refractivity contribution in [3.8, 4) is 22.8 Å². The minimum absolute atomic E-state index is 0.0617. The van der Waals surface area contributed by atoms with Crippen LogP contribution < -0.4 is 9.47 Å². The standard InChI is InChI=1S/C27H30N4O3/c1-18(2)31-26-22(17-28-31)21(16-23(29-26)20-9-7-6-8-10-20)27(32)30(3)14-13-19-11-12-24(33-4)25(15-19)34-5/h6-12,15-18H,13-14H2,1-5H3. The van der Waals surface area contributed by atoms with Crippen LogP contribution in [0.2, 0.25) is 0 Å². The van der Waals surface area contributed by atoms with Gasteiger partial charge >= 0.3 is 0 Å². The zero-order valence-corrected chi connectivity index (χ0v) is 20.3. The molecule has 7 nitrogen and oxygen atoms in total. The number of rotatable bonds is 8. The lowest BCUT2D eigenvalue weighted by molar-refractivity contribution is 0.0798. The molecule has 0 atom stereocenters. The third-order valence-electron chi connectivity index (χ3n) is 5.89. The number of carbonyl (C=O) groups is 1. The van der Waals surface area contributed by atoms with Crippen LogP contribution in [0.25, 0.3) is 22.3 Å². The molecule has 0 fully saturated rings. The highest BCUT2D eigenvalue weighted by molar-refractivity contribution is 6.06. The summed E-state index contributed by atoms with van der Waals surface area (Å²) in [5.74, 6) is 1.30. The van der Waals surface area contributed by atoms with E-state index in [-0.39, 0.29) is 11.9 Å². The van der Waals surface area contributed by atoms with Gasteiger partial charge in [-0.15, -0.1) is 0 Å². The minimum atomic E-state index is -0.0617. The lowest BCUT2D eigenvalue weighted by Gasteiger charge is -2.19. The number of carbonyl (C=O) groups excluding carboxylic acids is 1. The Morgan fingerprint density at radius 3 is 2.44 bits per heavy atom. The van der Waals surface area contributed by atoms with Crippen molar-refractivity contribution in [3.63, 3.8) is 0 Å². The van der Waals surface area contributed by atoms with Gasteiger partial charge in [-0.3, -0.25) is 4.79 Å². The van der Waals surface area contributed by atoms with Gasteiger partial charge in [0.1, 0.15) is 0 Å². The van der Waals surface area contributed by atoms with Crippen LogP contribution in [0.5, 0.6) is 11.5 Å². The second kappa shape index (κ2) is 9.95. The van der Waals surface area contributed by atoms with Crippen molar-refractivity contribution in [1.29, 1.82) is 0 Å². The van der Waals surface area contributed by atoms with E-state index in [0.29, 0.717) is 35.7 Å². The third kappa shape index (κ3) is 4.59. The monoisotopic (exact) mass is 458 g/mol. The summed E-state index contributed by atoms with van der Waals surface area (Å²) in [6.07, 6.45) is 2.43. The largest absolute Gasteiger partial charge is 0.493 e. The molecular weight excluding hydrogens is 428 g/mol. The Kier molecular flexibility index (Phi) is 6.82. The molecule has 34 heavy (non-hydrogen) atoms. The minimum Gasteiger partial charge on any atom is -0.493 e. The van der Waals surface area contributed by atoms with Crippen LogP contribution in [-0.4, -0.2) is 53.4 Å². The molecule has 4 rings (SSSR count). The summed E-state index contributed by atoms with van der Waals surface area (Å²) in [6, 6.07) is 17.7. The number of ether oxygens (including phenoxy) is 2. The molecule has 0 N–H and O–H groups in total. The highest BCUT2D eigenvalue weighted by Crippen LogP contribution is 2.29. The van der Waals surface area contributed by atoms with Crippen LogP contribution in [0.15, 0.2) is 60.8 Å². The lowest BCUT2D eigenvalue weighted by atomic mass is 10.1. The molecule has 0 aliphatic rings. The van der Waals surface area contributed by atoms with E-state index in [0.717, 1.165) is 22.2 Å². The van der Waals surface area contributed by atoms with E-state index < -0.39 is 0 Å². The fraction of sp³-hybridized carbons (Fsp3) is 0.296. The smallest absolute Gasteiger partial charge is 0.254 e. The molecule has 0 aliphatic carbocycles. The second-order valence-corrected chi connectivity index (χ2v) is 8.51. The molecule has 7 heteroatoms. The molecule has 4 aromatic rings. The molecule has 0 saturated carbocycles. The van der Waals surface area contributed by atoms with Crippen molar-refractivity contribution in [3.05, 3.63) is 71.9 Å². The molecule has 0 saturated heterocycles. The molecular formula is C27H30N4O3. The number of likely N-dealkylation sites (N-methyl/N-ethyl adjacent to an activating group) is 1. The topological polar surface area (TPSA) is 69.5 Å². The fourth-order valence-corrected chi connectivity index (χ4v) is 3.97. The first-order valence-electron chi connectivity index (χ1n) is 11.3. The molecule has 2 aromatic heterocycles. The number of nitrogens with zero attached hydrogens (tertiary/aromatic N) is 4. The van der Waals surface area contributed by atoms with E-state index >= 15 is 0 Å². The van der Waals surface area contributed by atoms with Crippen LogP contribution in [0.4, 0.5) is 0 Å². The number of pyridine rings is 1. The Labute approximate surface area is 199 Å². The number of amides is 1. The van der Waals surface area contributed by atoms with E-state index in [2.05, 4.69) is 18.9 Å². The number of aromatic nitrogens is 3. The maximum Gasteiger partial charge on any atom is 0.254 e. The van der Waals surface area contributed by atoms with Crippen molar-refractivity contribution in [1.82, 2.24) is 19.7 Å². The highest BCUT2D eigenvalue weighted by atomic mass is 16.5. The molecule has 0 radical (unpaired) electrons. The van der Waals surface area contributed by atoms with Gasteiger partial charge in [0, 0.05) is 25.2 Å². The molecule has 2 heterocycles. The SMILES string of the molecule is COc1ccc(CCN(C)C(=O)c2cc(-c3ccccc3)nc3c2cnn3C(C)C)cc1OC. The maximum absolute atomic E-state index is 13.6. The predicted molar refractivity (Wildman–Crippen MR) is 134 cm³/mol. The summed E-state index contributed by atoms with van der Waals surface area (Å²) < 4.78 is 12.6. The Morgan fingerprint density at radius 1 is 1.03 bits per heavy atom. The van der Waals surface area contributed by atoms with Crippen molar-refractivity contribution >= 4 is 16.9 Å². The van der Waals surface area contributed by atoms with Gasteiger partial charge in [0.2, 0.25) is 0 Å². The molecule has 1 amide bonds. The summed E-state index contributed by atoms with van der Waals surface area (Å²) in [4.78, 5) is 20.2. The molecule has 0 spiro atoms. The third-order valence-corrected chi connectivity index (χ3v) is 5.89. The van der Waals surface area contributed by atoms with Crippen LogP contribution in [0.3, 0.4) is 0 Å². The quantitative estimate of drug-likeness (QED) is 0.371. The zero-order valence-electron chi connectivity index (χ0n) is 20.3. The molecule has 0 bridgehead atoms. The lowest BCUT2D eigenvalue weighted by Crippen LogP contribution is -2.29. The van der Waals surface area contributed by atoms with Crippen molar-refractivity contribution in [2.75, 3.05) is 27.8 Å². The van der Waals surface area contributed by atoms with Crippen LogP contribution in [0, 0.1) is 0 Å². The average Bonchev–Trinajstić information content (AvgIpc) is 3.31. The summed E-state index contributed by atoms with van der Waals surface area (Å²) in [6.45, 7) is 4.66. The first-order chi connectivity index (χ1) is 16.4. The summed E-state index contributed by atoms with van der Waals surface area (Å²) in [7, 11) is 5.06. The highest BCUT2D eigenvalue weighted by Gasteiger charge is 2.21. The van der Waals surface area contributed by atoms with E-state index in [4.69, 9.17) is 14.5 Å². The van der Waals surface area contributed by atoms with Crippen molar-refractivity contribution in [2.45, 2.75) is 26.3 Å². The van der Waals surface area contributed by atoms with Crippen LogP contribution in [-0.2, 0) is 6.42 Å². The van der Waals surface area contributed by atoms with Gasteiger partial charge in [-0.05, 0) is 44.0 Å². The maximum atomic E-state index is 13.6. The average molecular weight is 459 g/mol. The molecule has 2 aromatic carbocycles. The second-order valence-electron chi connectivity index (χ2n) is 8.51.